The molecular formula is C16H17NO4S. The predicted molar refractivity (Wildman–Crippen MR) is 84.6 cm³/mol. The lowest BCUT2D eigenvalue weighted by Crippen LogP contribution is -2.51. The van der Waals surface area contributed by atoms with Gasteiger partial charge in [-0.25, -0.2) is 0 Å². The molecule has 0 unspecified atom stereocenters. The Morgan fingerprint density at radius 1 is 1.05 bits per heavy atom. The van der Waals surface area contributed by atoms with E-state index in [0.29, 0.717) is 11.5 Å². The van der Waals surface area contributed by atoms with Gasteiger partial charge in [0.2, 0.25) is 0 Å². The quantitative estimate of drug-likeness (QED) is 0.791. The zero-order valence-corrected chi connectivity index (χ0v) is 12.6. The number of ether oxygens (including phenoxy) is 1. The Morgan fingerprint density at radius 2 is 1.82 bits per heavy atom. The van der Waals surface area contributed by atoms with E-state index in [1.807, 2.05) is 30.3 Å². The molecule has 2 aromatic rings. The van der Waals surface area contributed by atoms with E-state index in [0.717, 1.165) is 11.1 Å². The summed E-state index contributed by atoms with van der Waals surface area (Å²) >= 11 is 1.17. The van der Waals surface area contributed by atoms with Crippen LogP contribution in [0.15, 0.2) is 48.8 Å². The molecule has 1 aliphatic rings. The van der Waals surface area contributed by atoms with Crippen LogP contribution in [0.2, 0.25) is 0 Å². The second-order valence-electron chi connectivity index (χ2n) is 5.13. The van der Waals surface area contributed by atoms with Crippen LogP contribution < -0.4 is 4.74 Å². The molecule has 0 amide bonds. The molecule has 1 saturated heterocycles. The largest absolute Gasteiger partial charge is 0.484 e. The van der Waals surface area contributed by atoms with Gasteiger partial charge in [0.15, 0.2) is 6.10 Å². The molecular weight excluding hydrogens is 302 g/mol. The van der Waals surface area contributed by atoms with Crippen LogP contribution in [0.3, 0.4) is 0 Å². The average Bonchev–Trinajstić information content (AvgIpc) is 2.56. The van der Waals surface area contributed by atoms with Crippen molar-refractivity contribution in [3.63, 3.8) is 0 Å². The van der Waals surface area contributed by atoms with Crippen LogP contribution in [0, 0.1) is 0 Å². The molecule has 1 aliphatic heterocycles. The van der Waals surface area contributed by atoms with E-state index in [4.69, 9.17) is 4.74 Å². The molecule has 1 aromatic heterocycles. The fourth-order valence-electron chi connectivity index (χ4n) is 2.36. The number of aliphatic hydroxyl groups excluding tert-OH is 3. The molecule has 5 nitrogen and oxygen atoms in total. The number of hydrogen-bond donors (Lipinski definition) is 3. The van der Waals surface area contributed by atoms with Gasteiger partial charge >= 0.3 is 0 Å². The molecule has 0 spiro atoms. The van der Waals surface area contributed by atoms with Crippen molar-refractivity contribution in [3.8, 4) is 16.9 Å². The normalized spacial score (nSPS) is 28.3. The molecule has 1 aromatic carbocycles. The van der Waals surface area contributed by atoms with Crippen LogP contribution in [0.4, 0.5) is 0 Å². The lowest BCUT2D eigenvalue weighted by Gasteiger charge is -2.35. The summed E-state index contributed by atoms with van der Waals surface area (Å²) < 4.78 is 5.72. The number of aromatic nitrogens is 1. The van der Waals surface area contributed by atoms with Gasteiger partial charge in [-0.1, -0.05) is 12.1 Å². The molecule has 0 aliphatic carbocycles. The highest BCUT2D eigenvalue weighted by Crippen LogP contribution is 2.30. The van der Waals surface area contributed by atoms with Gasteiger partial charge in [-0.2, -0.15) is 0 Å². The van der Waals surface area contributed by atoms with E-state index in [1.165, 1.54) is 11.8 Å². The van der Waals surface area contributed by atoms with E-state index in [-0.39, 0.29) is 0 Å². The van der Waals surface area contributed by atoms with Crippen molar-refractivity contribution in [2.75, 3.05) is 5.75 Å². The average molecular weight is 319 g/mol. The molecule has 0 bridgehead atoms. The van der Waals surface area contributed by atoms with Crippen molar-refractivity contribution in [3.05, 3.63) is 48.8 Å². The minimum absolute atomic E-state index is 0.291. The lowest BCUT2D eigenvalue weighted by atomic mass is 10.1. The molecule has 6 heteroatoms. The molecule has 3 rings (SSSR count). The third-order valence-corrected chi connectivity index (χ3v) is 4.71. The Morgan fingerprint density at radius 3 is 2.59 bits per heavy atom. The first-order valence-corrected chi connectivity index (χ1v) is 8.03. The third kappa shape index (κ3) is 3.25. The highest BCUT2D eigenvalue weighted by Gasteiger charge is 2.39. The first-order chi connectivity index (χ1) is 10.6. The maximum absolute atomic E-state index is 10.00. The Hall–Kier alpha value is -1.60. The standard InChI is InChI=1S/C16H17NO4S/c18-13-9-22-16(20)15(14(13)19)21-12-3-1-2-11(8-12)10-4-6-17-7-5-10/h1-8,13-16,18-20H,9H2/t13-,14+,15-,16-/m1/s1. The fraction of sp³-hybridized carbons (Fsp3) is 0.312. The van der Waals surface area contributed by atoms with Gasteiger partial charge < -0.3 is 20.1 Å². The van der Waals surface area contributed by atoms with Gasteiger partial charge in [-0.3, -0.25) is 4.98 Å². The molecule has 1 fully saturated rings. The van der Waals surface area contributed by atoms with E-state index >= 15 is 0 Å². The highest BCUT2D eigenvalue weighted by atomic mass is 32.2. The number of thioether (sulfide) groups is 1. The molecule has 3 N–H and O–H groups in total. The van der Waals surface area contributed by atoms with Crippen molar-refractivity contribution >= 4 is 11.8 Å². The van der Waals surface area contributed by atoms with Crippen LogP contribution in [0.25, 0.3) is 11.1 Å². The smallest absolute Gasteiger partial charge is 0.162 e. The Kier molecular flexibility index (Phi) is 4.63. The molecule has 0 saturated carbocycles. The molecule has 0 radical (unpaired) electrons. The number of rotatable bonds is 3. The molecule has 22 heavy (non-hydrogen) atoms. The second-order valence-corrected chi connectivity index (χ2v) is 6.28. The van der Waals surface area contributed by atoms with Gasteiger partial charge in [-0.15, -0.1) is 11.8 Å². The molecule has 116 valence electrons. The maximum Gasteiger partial charge on any atom is 0.162 e. The van der Waals surface area contributed by atoms with E-state index in [2.05, 4.69) is 4.98 Å². The Balaban J connectivity index is 1.81. The monoisotopic (exact) mass is 319 g/mol. The Bertz CT molecular complexity index is 625. The van der Waals surface area contributed by atoms with E-state index in [9.17, 15) is 15.3 Å². The zero-order valence-electron chi connectivity index (χ0n) is 11.7. The van der Waals surface area contributed by atoms with Crippen molar-refractivity contribution < 1.29 is 20.1 Å². The highest BCUT2D eigenvalue weighted by molar-refractivity contribution is 7.99. The van der Waals surface area contributed by atoms with Crippen LogP contribution in [0.5, 0.6) is 5.75 Å². The SMILES string of the molecule is O[C@@H]1[C@@H](Oc2cccc(-c3ccncc3)c2)[C@H](O)SC[C@H]1O. The van der Waals surface area contributed by atoms with Gasteiger partial charge in [0.1, 0.15) is 17.3 Å². The predicted octanol–water partition coefficient (Wildman–Crippen LogP) is 1.28. The first-order valence-electron chi connectivity index (χ1n) is 6.98. The summed E-state index contributed by atoms with van der Waals surface area (Å²) in [4.78, 5) is 3.99. The topological polar surface area (TPSA) is 82.8 Å². The van der Waals surface area contributed by atoms with Gasteiger partial charge in [0, 0.05) is 18.1 Å². The summed E-state index contributed by atoms with van der Waals surface area (Å²) in [5.41, 5.74) is 1.08. The van der Waals surface area contributed by atoms with Gasteiger partial charge in [-0.05, 0) is 35.4 Å². The van der Waals surface area contributed by atoms with Crippen molar-refractivity contribution in [2.45, 2.75) is 23.7 Å². The lowest BCUT2D eigenvalue weighted by molar-refractivity contribution is -0.0721. The number of pyridine rings is 1. The summed E-state index contributed by atoms with van der Waals surface area (Å²) in [6, 6.07) is 11.2. The summed E-state index contributed by atoms with van der Waals surface area (Å²) in [6.07, 6.45) is 0.554. The molecule has 4 atom stereocenters. The number of benzene rings is 1. The van der Waals surface area contributed by atoms with Crippen LogP contribution in [0.1, 0.15) is 0 Å². The van der Waals surface area contributed by atoms with E-state index in [1.54, 1.807) is 18.5 Å². The molecule has 2 heterocycles. The first kappa shape index (κ1) is 15.3. The summed E-state index contributed by atoms with van der Waals surface area (Å²) in [5.74, 6) is 0.825. The summed E-state index contributed by atoms with van der Waals surface area (Å²) in [7, 11) is 0. The van der Waals surface area contributed by atoms with E-state index < -0.39 is 23.7 Å². The second kappa shape index (κ2) is 6.66. The van der Waals surface area contributed by atoms with Crippen LogP contribution >= 0.6 is 11.8 Å². The number of hydrogen-bond acceptors (Lipinski definition) is 6. The third-order valence-electron chi connectivity index (χ3n) is 3.57. The summed E-state index contributed by atoms with van der Waals surface area (Å²) in [5, 5.41) is 29.7. The number of aliphatic hydroxyl groups is 3. The van der Waals surface area contributed by atoms with Crippen molar-refractivity contribution in [1.29, 1.82) is 0 Å². The van der Waals surface area contributed by atoms with Crippen LogP contribution in [-0.2, 0) is 0 Å². The van der Waals surface area contributed by atoms with Crippen molar-refractivity contribution in [2.24, 2.45) is 0 Å². The maximum atomic E-state index is 10.00. The minimum atomic E-state index is -1.11. The Labute approximate surface area is 132 Å². The number of nitrogens with zero attached hydrogens (tertiary/aromatic N) is 1. The summed E-state index contributed by atoms with van der Waals surface area (Å²) in [6.45, 7) is 0. The van der Waals surface area contributed by atoms with Crippen LogP contribution in [-0.4, -0.2) is 49.8 Å². The fourth-order valence-corrected chi connectivity index (χ4v) is 3.35. The van der Waals surface area contributed by atoms with Crippen molar-refractivity contribution in [1.82, 2.24) is 4.98 Å². The van der Waals surface area contributed by atoms with Gasteiger partial charge in [0.25, 0.3) is 0 Å². The zero-order chi connectivity index (χ0) is 15.5. The van der Waals surface area contributed by atoms with Gasteiger partial charge in [0.05, 0.1) is 6.10 Å². The minimum Gasteiger partial charge on any atom is -0.484 e.